The van der Waals surface area contributed by atoms with E-state index in [0.717, 1.165) is 6.42 Å². The van der Waals surface area contributed by atoms with Gasteiger partial charge in [0.05, 0.1) is 18.2 Å². The van der Waals surface area contributed by atoms with Gasteiger partial charge in [0.25, 0.3) is 0 Å². The molecule has 2 aliphatic heterocycles. The number of carbonyl (C=O) groups is 2. The van der Waals surface area contributed by atoms with E-state index in [1.54, 1.807) is 25.7 Å². The monoisotopic (exact) mass is 349 g/mol. The van der Waals surface area contributed by atoms with Gasteiger partial charge in [0, 0.05) is 6.54 Å². The first-order chi connectivity index (χ1) is 11.7. The zero-order valence-corrected chi connectivity index (χ0v) is 15.1. The smallest absolute Gasteiger partial charge is 0.411 e. The van der Waals surface area contributed by atoms with Crippen molar-refractivity contribution in [2.75, 3.05) is 6.54 Å². The molecule has 0 aromatic carbocycles. The van der Waals surface area contributed by atoms with Crippen molar-refractivity contribution in [3.05, 3.63) is 0 Å². The van der Waals surface area contributed by atoms with E-state index in [9.17, 15) is 20.0 Å². The molecule has 0 radical (unpaired) electrons. The normalized spacial score (nSPS) is 34.8. The summed E-state index contributed by atoms with van der Waals surface area (Å²) in [5.74, 6) is -0.148. The van der Waals surface area contributed by atoms with Crippen LogP contribution in [0.15, 0.2) is 0 Å². The van der Waals surface area contributed by atoms with Gasteiger partial charge in [-0.2, -0.15) is 5.26 Å². The Hall–Kier alpha value is -1.81. The van der Waals surface area contributed by atoms with E-state index in [2.05, 4.69) is 6.07 Å². The number of rotatable bonds is 1. The molecular weight excluding hydrogens is 322 g/mol. The Morgan fingerprint density at radius 3 is 2.60 bits per heavy atom. The average Bonchev–Trinajstić information content (AvgIpc) is 3.11. The van der Waals surface area contributed by atoms with Crippen LogP contribution in [0.4, 0.5) is 4.79 Å². The SMILES string of the molecule is CC(C)(C)OC(=O)N1[C@@H]2C[C@@H](CC[C@H]2O)[C@H]1C(=O)N1CCC[C@H]1C#N. The van der Waals surface area contributed by atoms with Gasteiger partial charge in [-0.1, -0.05) is 0 Å². The van der Waals surface area contributed by atoms with Crippen LogP contribution in [0.3, 0.4) is 0 Å². The Morgan fingerprint density at radius 2 is 1.96 bits per heavy atom. The van der Waals surface area contributed by atoms with Crippen LogP contribution in [0, 0.1) is 17.2 Å². The molecule has 2 bridgehead atoms. The fourth-order valence-electron chi connectivity index (χ4n) is 4.40. The number of amides is 2. The van der Waals surface area contributed by atoms with E-state index in [-0.39, 0.29) is 17.9 Å². The second-order valence-corrected chi connectivity index (χ2v) is 8.36. The number of hydrogen-bond acceptors (Lipinski definition) is 5. The van der Waals surface area contributed by atoms with Gasteiger partial charge in [0.15, 0.2) is 0 Å². The quantitative estimate of drug-likeness (QED) is 0.777. The molecule has 7 heteroatoms. The third-order valence-electron chi connectivity index (χ3n) is 5.47. The molecule has 25 heavy (non-hydrogen) atoms. The number of hydrogen-bond donors (Lipinski definition) is 1. The Morgan fingerprint density at radius 1 is 1.24 bits per heavy atom. The van der Waals surface area contributed by atoms with E-state index in [0.29, 0.717) is 32.2 Å². The molecule has 0 aromatic heterocycles. The van der Waals surface area contributed by atoms with Crippen molar-refractivity contribution < 1.29 is 19.4 Å². The first-order valence-corrected chi connectivity index (χ1v) is 9.12. The van der Waals surface area contributed by atoms with Gasteiger partial charge in [0.1, 0.15) is 17.7 Å². The predicted octanol–water partition coefficient (Wildman–Crippen LogP) is 1.65. The molecule has 1 aliphatic carbocycles. The maximum atomic E-state index is 13.2. The van der Waals surface area contributed by atoms with Crippen molar-refractivity contribution in [3.8, 4) is 6.07 Å². The van der Waals surface area contributed by atoms with E-state index in [1.165, 1.54) is 4.90 Å². The highest BCUT2D eigenvalue weighted by molar-refractivity contribution is 5.88. The molecule has 0 spiro atoms. The van der Waals surface area contributed by atoms with Gasteiger partial charge < -0.3 is 14.7 Å². The molecule has 2 saturated heterocycles. The molecule has 7 nitrogen and oxygen atoms in total. The minimum Gasteiger partial charge on any atom is -0.444 e. The number of likely N-dealkylation sites (tertiary alicyclic amines) is 2. The zero-order chi connectivity index (χ0) is 18.4. The first-order valence-electron chi connectivity index (χ1n) is 9.12. The molecular formula is C18H27N3O4. The molecule has 1 N–H and O–H groups in total. The maximum absolute atomic E-state index is 13.2. The second kappa shape index (κ2) is 6.49. The largest absolute Gasteiger partial charge is 0.444 e. The lowest BCUT2D eigenvalue weighted by Crippen LogP contribution is -2.54. The Bertz CT molecular complexity index is 594. The van der Waals surface area contributed by atoms with Crippen molar-refractivity contribution in [2.24, 2.45) is 5.92 Å². The van der Waals surface area contributed by atoms with Crippen LogP contribution >= 0.6 is 0 Å². The lowest BCUT2D eigenvalue weighted by atomic mass is 9.85. The molecule has 3 fully saturated rings. The van der Waals surface area contributed by atoms with E-state index >= 15 is 0 Å². The van der Waals surface area contributed by atoms with Crippen LogP contribution in [0.25, 0.3) is 0 Å². The molecule has 0 unspecified atom stereocenters. The van der Waals surface area contributed by atoms with Gasteiger partial charge in [-0.3, -0.25) is 9.69 Å². The number of carbonyl (C=O) groups excluding carboxylic acids is 2. The maximum Gasteiger partial charge on any atom is 0.411 e. The lowest BCUT2D eigenvalue weighted by Gasteiger charge is -2.34. The molecule has 138 valence electrons. The summed E-state index contributed by atoms with van der Waals surface area (Å²) in [5, 5.41) is 19.6. The fourth-order valence-corrected chi connectivity index (χ4v) is 4.40. The van der Waals surface area contributed by atoms with Crippen molar-refractivity contribution in [1.29, 1.82) is 5.26 Å². The number of fused-ring (bicyclic) bond motifs is 2. The Balaban J connectivity index is 1.88. The van der Waals surface area contributed by atoms with Crippen molar-refractivity contribution >= 4 is 12.0 Å². The number of aliphatic hydroxyl groups is 1. The van der Waals surface area contributed by atoms with Crippen molar-refractivity contribution in [2.45, 2.75) is 82.7 Å². The molecule has 5 atom stereocenters. The van der Waals surface area contributed by atoms with Crippen LogP contribution in [0.2, 0.25) is 0 Å². The number of aliphatic hydroxyl groups excluding tert-OH is 1. The van der Waals surface area contributed by atoms with E-state index in [4.69, 9.17) is 4.74 Å². The highest BCUT2D eigenvalue weighted by Crippen LogP contribution is 2.42. The third-order valence-corrected chi connectivity index (χ3v) is 5.47. The minimum atomic E-state index is -0.671. The summed E-state index contributed by atoms with van der Waals surface area (Å²) in [6.45, 7) is 5.90. The highest BCUT2D eigenvalue weighted by Gasteiger charge is 2.55. The van der Waals surface area contributed by atoms with Crippen molar-refractivity contribution in [1.82, 2.24) is 9.80 Å². The molecule has 2 heterocycles. The second-order valence-electron chi connectivity index (χ2n) is 8.36. The van der Waals surface area contributed by atoms with Gasteiger partial charge in [-0.05, 0) is 58.8 Å². The van der Waals surface area contributed by atoms with Crippen LogP contribution < -0.4 is 0 Å². The summed E-state index contributed by atoms with van der Waals surface area (Å²) < 4.78 is 5.51. The Labute approximate surface area is 148 Å². The van der Waals surface area contributed by atoms with E-state index in [1.807, 2.05) is 0 Å². The molecule has 1 saturated carbocycles. The molecule has 3 rings (SSSR count). The van der Waals surface area contributed by atoms with E-state index < -0.39 is 29.9 Å². The van der Waals surface area contributed by atoms with Gasteiger partial charge >= 0.3 is 6.09 Å². The average molecular weight is 349 g/mol. The molecule has 2 amide bonds. The van der Waals surface area contributed by atoms with Crippen molar-refractivity contribution in [3.63, 3.8) is 0 Å². The first kappa shape index (κ1) is 18.0. The summed E-state index contributed by atoms with van der Waals surface area (Å²) in [6.07, 6.45) is 2.21. The minimum absolute atomic E-state index is 0.0216. The number of ether oxygens (including phenoxy) is 1. The van der Waals surface area contributed by atoms with Gasteiger partial charge in [-0.25, -0.2) is 4.79 Å². The molecule has 3 aliphatic rings. The summed E-state index contributed by atoms with van der Waals surface area (Å²) in [4.78, 5) is 29.0. The topological polar surface area (TPSA) is 93.9 Å². The number of nitriles is 1. The van der Waals surface area contributed by atoms with Crippen LogP contribution in [0.5, 0.6) is 0 Å². The third kappa shape index (κ3) is 3.32. The fraction of sp³-hybridized carbons (Fsp3) is 0.833. The summed E-state index contributed by atoms with van der Waals surface area (Å²) >= 11 is 0. The molecule has 0 aromatic rings. The van der Waals surface area contributed by atoms with Gasteiger partial charge in [0.2, 0.25) is 5.91 Å². The van der Waals surface area contributed by atoms with Crippen LogP contribution in [-0.4, -0.2) is 63.3 Å². The number of nitrogens with zero attached hydrogens (tertiary/aromatic N) is 3. The van der Waals surface area contributed by atoms with Gasteiger partial charge in [-0.15, -0.1) is 0 Å². The Kier molecular flexibility index (Phi) is 4.67. The standard InChI is InChI=1S/C18H27N3O4/c1-18(2,3)25-17(24)21-13-9-11(6-7-14(13)22)15(21)16(23)20-8-4-5-12(20)10-19/h11-15,22H,4-9H2,1-3H3/t11-,12+,13-,14-,15+/m1/s1. The lowest BCUT2D eigenvalue weighted by molar-refractivity contribution is -0.137. The summed E-state index contributed by atoms with van der Waals surface area (Å²) in [6, 6.07) is 0.755. The summed E-state index contributed by atoms with van der Waals surface area (Å²) in [5.41, 5.74) is -0.671. The van der Waals surface area contributed by atoms with Crippen LogP contribution in [-0.2, 0) is 9.53 Å². The zero-order valence-electron chi connectivity index (χ0n) is 15.1. The van der Waals surface area contributed by atoms with Crippen LogP contribution in [0.1, 0.15) is 52.9 Å². The predicted molar refractivity (Wildman–Crippen MR) is 89.3 cm³/mol. The summed E-state index contributed by atoms with van der Waals surface area (Å²) in [7, 11) is 0. The highest BCUT2D eigenvalue weighted by atomic mass is 16.6.